The topological polar surface area (TPSA) is 196 Å². The van der Waals surface area contributed by atoms with Crippen LogP contribution in [0, 0.1) is 11.3 Å². The van der Waals surface area contributed by atoms with Gasteiger partial charge in [0.25, 0.3) is 18.8 Å². The molecule has 7 heterocycles. The van der Waals surface area contributed by atoms with Gasteiger partial charge in [-0.1, -0.05) is 12.1 Å². The normalized spacial score (nSPS) is 25.3. The number of anilines is 3. The third-order valence-corrected chi connectivity index (χ3v) is 13.5. The molecule has 5 aliphatic rings. The molecule has 1 saturated carbocycles. The zero-order valence-electron chi connectivity index (χ0n) is 34.6. The van der Waals surface area contributed by atoms with Crippen LogP contribution < -0.4 is 26.2 Å². The number of hydrogen-bond acceptors (Lipinski definition) is 11. The van der Waals surface area contributed by atoms with Crippen LogP contribution in [0.1, 0.15) is 104 Å². The minimum atomic E-state index is -2.88. The van der Waals surface area contributed by atoms with Crippen LogP contribution in [-0.2, 0) is 14.4 Å². The monoisotopic (exact) mass is 861 g/mol. The van der Waals surface area contributed by atoms with E-state index in [0.717, 1.165) is 70.4 Å². The van der Waals surface area contributed by atoms with Gasteiger partial charge in [0.15, 0.2) is 11.3 Å². The van der Waals surface area contributed by atoms with E-state index < -0.39 is 24.2 Å². The predicted octanol–water partition coefficient (Wildman–Crippen LogP) is 4.94. The first-order chi connectivity index (χ1) is 29.9. The van der Waals surface area contributed by atoms with Crippen LogP contribution in [0.4, 0.5) is 30.4 Å². The number of carbonyl (C=O) groups excluding carboxylic acids is 3. The predicted molar refractivity (Wildman–Crippen MR) is 224 cm³/mol. The molecular weight excluding hydrogens is 808 g/mol. The van der Waals surface area contributed by atoms with Crippen LogP contribution in [0.5, 0.6) is 0 Å². The Kier molecular flexibility index (Phi) is 12.8. The van der Waals surface area contributed by atoms with E-state index in [9.17, 15) is 27.6 Å². The number of piperidine rings is 3. The number of aromatic nitrogens is 5. The molecule has 9 rings (SSSR count). The van der Waals surface area contributed by atoms with Crippen LogP contribution in [0.2, 0.25) is 0 Å². The van der Waals surface area contributed by atoms with Crippen molar-refractivity contribution in [2.45, 2.75) is 94.8 Å². The zero-order valence-corrected chi connectivity index (χ0v) is 34.6. The van der Waals surface area contributed by atoms with E-state index in [1.165, 1.54) is 35.4 Å². The van der Waals surface area contributed by atoms with Crippen molar-refractivity contribution in [3.8, 4) is 0 Å². The number of hydrogen-bond donors (Lipinski definition) is 4. The number of nitrogens with two attached hydrogens (primary N) is 1. The number of benzene rings is 1. The number of carbonyl (C=O) groups is 4. The number of carboxylic acid groups (broad SMARTS) is 1. The number of amides is 3. The number of fused-ring (bicyclic) bond motifs is 1. The Bertz CT molecular complexity index is 2220. The molecule has 62 heavy (non-hydrogen) atoms. The fraction of sp³-hybridized carbons (Fsp3) is 0.558. The quantitative estimate of drug-likeness (QED) is 0.124. The Labute approximate surface area is 357 Å². The van der Waals surface area contributed by atoms with Gasteiger partial charge in [0.1, 0.15) is 17.6 Å². The summed E-state index contributed by atoms with van der Waals surface area (Å²) in [5, 5.41) is 20.5. The number of likely N-dealkylation sites (tertiary alicyclic amines) is 1. The second kappa shape index (κ2) is 18.4. The minimum Gasteiger partial charge on any atom is -0.483 e. The van der Waals surface area contributed by atoms with E-state index in [1.54, 1.807) is 21.8 Å². The Balaban J connectivity index is 0.00000171. The highest BCUT2D eigenvalue weighted by Crippen LogP contribution is 2.43. The first-order valence-corrected chi connectivity index (χ1v) is 21.6. The lowest BCUT2D eigenvalue weighted by atomic mass is 9.71. The lowest BCUT2D eigenvalue weighted by Crippen LogP contribution is -2.60. The maximum atomic E-state index is 14.3. The van der Waals surface area contributed by atoms with Gasteiger partial charge < -0.3 is 30.9 Å². The molecule has 0 radical (unpaired) electrons. The van der Waals surface area contributed by atoms with Crippen molar-refractivity contribution >= 4 is 47.0 Å². The van der Waals surface area contributed by atoms with E-state index in [-0.39, 0.29) is 66.2 Å². The highest BCUT2D eigenvalue weighted by molar-refractivity contribution is 6.08. The summed E-state index contributed by atoms with van der Waals surface area (Å²) in [6, 6.07) is 9.58. The Morgan fingerprint density at radius 2 is 1.76 bits per heavy atom. The summed E-state index contributed by atoms with van der Waals surface area (Å²) >= 11 is 0. The molecule has 1 spiro atoms. The second-order valence-electron chi connectivity index (χ2n) is 17.6. The molecule has 332 valence electrons. The SMILES string of the molecule is N[C@@H]1C[C@@H](F)CN(c2ccn3ncc(C(=O)Nc4cn(C5CCC(CCN6CCC7(CC6)CN(c6ccc(C8CCC(=O)NC8=O)cc6)C7)CC5)nc4C(F)F)c3n2)C1.O=CO. The summed E-state index contributed by atoms with van der Waals surface area (Å²) in [7, 11) is 0. The van der Waals surface area contributed by atoms with Gasteiger partial charge in [0.05, 0.1) is 30.4 Å². The molecule has 19 heteroatoms. The number of rotatable bonds is 10. The molecular formula is C43H54F3N11O5. The molecule has 4 aromatic rings. The molecule has 4 aliphatic heterocycles. The van der Waals surface area contributed by atoms with Crippen LogP contribution >= 0.6 is 0 Å². The Morgan fingerprint density at radius 3 is 2.44 bits per heavy atom. The summed E-state index contributed by atoms with van der Waals surface area (Å²) in [4.78, 5) is 57.0. The van der Waals surface area contributed by atoms with E-state index in [1.807, 2.05) is 12.1 Å². The van der Waals surface area contributed by atoms with Gasteiger partial charge in [0.2, 0.25) is 11.8 Å². The molecule has 16 nitrogen and oxygen atoms in total. The molecule has 1 aromatic carbocycles. The molecule has 1 unspecified atom stereocenters. The van der Waals surface area contributed by atoms with E-state index in [2.05, 4.69) is 47.7 Å². The number of nitrogens with zero attached hydrogens (tertiary/aromatic N) is 8. The van der Waals surface area contributed by atoms with Crippen LogP contribution in [-0.4, -0.2) is 117 Å². The average Bonchev–Trinajstić information content (AvgIpc) is 3.87. The minimum absolute atomic E-state index is 0.0316. The molecule has 3 amide bonds. The van der Waals surface area contributed by atoms with Crippen molar-refractivity contribution in [1.29, 1.82) is 0 Å². The van der Waals surface area contributed by atoms with Crippen LogP contribution in [0.15, 0.2) is 48.9 Å². The van der Waals surface area contributed by atoms with Crippen molar-refractivity contribution in [2.75, 3.05) is 60.9 Å². The van der Waals surface area contributed by atoms with E-state index in [4.69, 9.17) is 15.6 Å². The van der Waals surface area contributed by atoms with Gasteiger partial charge in [-0.15, -0.1) is 0 Å². The lowest BCUT2D eigenvalue weighted by Gasteiger charge is -2.55. The number of imide groups is 1. The van der Waals surface area contributed by atoms with Gasteiger partial charge in [-0.2, -0.15) is 10.2 Å². The summed E-state index contributed by atoms with van der Waals surface area (Å²) in [5.41, 5.74) is 8.35. The van der Waals surface area contributed by atoms with Crippen LogP contribution in [0.3, 0.4) is 0 Å². The largest absolute Gasteiger partial charge is 0.483 e. The first kappa shape index (κ1) is 43.1. The highest BCUT2D eigenvalue weighted by atomic mass is 19.3. The molecule has 5 fully saturated rings. The molecule has 5 N–H and O–H groups in total. The molecule has 3 atom stereocenters. The highest BCUT2D eigenvalue weighted by Gasteiger charge is 2.45. The van der Waals surface area contributed by atoms with Crippen molar-refractivity contribution in [1.82, 2.24) is 34.6 Å². The maximum Gasteiger partial charge on any atom is 0.290 e. The number of alkyl halides is 3. The van der Waals surface area contributed by atoms with E-state index >= 15 is 0 Å². The standard InChI is InChI=1S/C42H52F3N11O3.CH2O2/c43-28-19-29(46)22-53(21-28)35-12-16-55-39(49-35)33(20-47-55)41(59)48-34-23-56(51-37(34)38(44)45)31-5-1-26(2-6-31)11-15-52-17-13-42(14-18-52)24-54(25-42)30-7-3-27(4-8-30)32-9-10-36(57)50-40(32)58;2-1-3/h3-4,7-8,12,16,20,23,26,28-29,31-32,38H,1-2,5-6,9-11,13-15,17-19,21-22,24-25,46H2,(H,48,59)(H,50,57,58);1H,(H,2,3)/t26?,28-,29-,31?,32?;/m1./s1. The lowest BCUT2D eigenvalue weighted by molar-refractivity contribution is -0.134. The van der Waals surface area contributed by atoms with Gasteiger partial charge in [0, 0.05) is 55.6 Å². The third-order valence-electron chi connectivity index (χ3n) is 13.5. The summed E-state index contributed by atoms with van der Waals surface area (Å²) in [5.74, 6) is -0.266. The zero-order chi connectivity index (χ0) is 43.5. The van der Waals surface area contributed by atoms with Gasteiger partial charge in [-0.25, -0.2) is 22.7 Å². The molecule has 1 aliphatic carbocycles. The fourth-order valence-electron chi connectivity index (χ4n) is 10.0. The van der Waals surface area contributed by atoms with Crippen molar-refractivity contribution in [2.24, 2.45) is 17.1 Å². The molecule has 3 aromatic heterocycles. The number of halogens is 3. The maximum absolute atomic E-state index is 14.3. The van der Waals surface area contributed by atoms with Gasteiger partial charge in [-0.3, -0.25) is 29.2 Å². The Morgan fingerprint density at radius 1 is 1.03 bits per heavy atom. The summed E-state index contributed by atoms with van der Waals surface area (Å²) in [6.45, 7) is 5.65. The van der Waals surface area contributed by atoms with Crippen molar-refractivity contribution < 1.29 is 37.5 Å². The summed E-state index contributed by atoms with van der Waals surface area (Å²) < 4.78 is 45.8. The average molecular weight is 862 g/mol. The third kappa shape index (κ3) is 9.42. The fourth-order valence-corrected chi connectivity index (χ4v) is 10.0. The van der Waals surface area contributed by atoms with Crippen molar-refractivity contribution in [3.63, 3.8) is 0 Å². The van der Waals surface area contributed by atoms with Crippen molar-refractivity contribution in [3.05, 3.63) is 65.7 Å². The second-order valence-corrected chi connectivity index (χ2v) is 17.6. The molecule has 4 saturated heterocycles. The van der Waals surface area contributed by atoms with Gasteiger partial charge >= 0.3 is 0 Å². The van der Waals surface area contributed by atoms with E-state index in [0.29, 0.717) is 36.5 Å². The summed E-state index contributed by atoms with van der Waals surface area (Å²) in [6.07, 6.45) is 8.85. The number of nitrogens with one attached hydrogen (secondary N) is 2. The Hall–Kier alpha value is -5.56. The molecule has 0 bridgehead atoms. The smallest absolute Gasteiger partial charge is 0.290 e. The van der Waals surface area contributed by atoms with Crippen LogP contribution in [0.25, 0.3) is 5.65 Å². The first-order valence-electron chi connectivity index (χ1n) is 21.6. The van der Waals surface area contributed by atoms with Gasteiger partial charge in [-0.05, 0) is 107 Å².